The van der Waals surface area contributed by atoms with E-state index in [4.69, 9.17) is 15.2 Å². The van der Waals surface area contributed by atoms with Crippen LogP contribution in [0.2, 0.25) is 0 Å². The largest absolute Gasteiger partial charge is 0.486 e. The second-order valence-electron chi connectivity index (χ2n) is 6.32. The Balaban J connectivity index is 1.75. The molecule has 25 heavy (non-hydrogen) atoms. The Morgan fingerprint density at radius 1 is 1.08 bits per heavy atom. The van der Waals surface area contributed by atoms with E-state index in [1.54, 1.807) is 0 Å². The molecular weight excluding hydrogens is 320 g/mol. The van der Waals surface area contributed by atoms with Crippen molar-refractivity contribution in [2.24, 2.45) is 0 Å². The Hall–Kier alpha value is -2.61. The first-order chi connectivity index (χ1) is 11.9. The van der Waals surface area contributed by atoms with Crippen LogP contribution in [-0.2, 0) is 6.54 Å². The van der Waals surface area contributed by atoms with Gasteiger partial charge in [0.15, 0.2) is 17.3 Å². The molecular formula is C17H24N6O2. The van der Waals surface area contributed by atoms with Gasteiger partial charge in [0, 0.05) is 20.6 Å². The molecule has 0 spiro atoms. The second kappa shape index (κ2) is 7.10. The van der Waals surface area contributed by atoms with E-state index in [2.05, 4.69) is 19.9 Å². The van der Waals surface area contributed by atoms with E-state index in [0.29, 0.717) is 25.0 Å². The molecule has 0 unspecified atom stereocenters. The summed E-state index contributed by atoms with van der Waals surface area (Å²) in [6.07, 6.45) is 0. The molecule has 1 aromatic carbocycles. The average molecular weight is 344 g/mol. The maximum atomic E-state index is 5.83. The molecule has 1 atom stereocenters. The minimum absolute atomic E-state index is 0.0165. The summed E-state index contributed by atoms with van der Waals surface area (Å²) in [4.78, 5) is 16.9. The number of fused-ring (bicyclic) bond motifs is 1. The molecule has 3 rings (SSSR count). The predicted octanol–water partition coefficient (Wildman–Crippen LogP) is 1.48. The van der Waals surface area contributed by atoms with Gasteiger partial charge in [-0.3, -0.25) is 4.90 Å². The molecule has 0 radical (unpaired) electrons. The first-order valence-electron chi connectivity index (χ1n) is 8.21. The Bertz CT molecular complexity index is 752. The van der Waals surface area contributed by atoms with Crippen molar-refractivity contribution in [2.75, 3.05) is 45.0 Å². The molecule has 8 heteroatoms. The summed E-state index contributed by atoms with van der Waals surface area (Å²) < 4.78 is 11.2. The summed E-state index contributed by atoms with van der Waals surface area (Å²) in [5.41, 5.74) is 6.96. The van der Waals surface area contributed by atoms with Crippen molar-refractivity contribution in [3.8, 4) is 11.5 Å². The van der Waals surface area contributed by atoms with Crippen molar-refractivity contribution in [3.63, 3.8) is 0 Å². The lowest BCUT2D eigenvalue weighted by Crippen LogP contribution is -2.25. The summed E-state index contributed by atoms with van der Waals surface area (Å²) in [6.45, 7) is 3.95. The first kappa shape index (κ1) is 17.2. The summed E-state index contributed by atoms with van der Waals surface area (Å²) in [6, 6.07) is 6.00. The number of benzene rings is 1. The number of nitrogens with two attached hydrogens (primary N) is 1. The predicted molar refractivity (Wildman–Crippen MR) is 95.9 cm³/mol. The summed E-state index contributed by atoms with van der Waals surface area (Å²) in [5.74, 6) is 3.03. The number of rotatable bonds is 5. The fraction of sp³-hybridized carbons (Fsp3) is 0.471. The lowest BCUT2D eigenvalue weighted by atomic mass is 10.1. The molecule has 1 aliphatic heterocycles. The minimum Gasteiger partial charge on any atom is -0.486 e. The topological polar surface area (TPSA) is 89.6 Å². The van der Waals surface area contributed by atoms with Gasteiger partial charge in [-0.2, -0.15) is 15.0 Å². The Morgan fingerprint density at radius 2 is 1.80 bits per heavy atom. The van der Waals surface area contributed by atoms with Gasteiger partial charge in [0.25, 0.3) is 0 Å². The highest BCUT2D eigenvalue weighted by Gasteiger charge is 2.19. The van der Waals surface area contributed by atoms with Crippen molar-refractivity contribution >= 4 is 11.9 Å². The summed E-state index contributed by atoms with van der Waals surface area (Å²) in [7, 11) is 5.78. The average Bonchev–Trinajstić information content (AvgIpc) is 2.60. The number of nitrogen functional groups attached to an aromatic ring is 1. The lowest BCUT2D eigenvalue weighted by molar-refractivity contribution is 0.171. The molecule has 1 aliphatic rings. The monoisotopic (exact) mass is 344 g/mol. The number of anilines is 2. The quantitative estimate of drug-likeness (QED) is 0.872. The molecule has 0 aliphatic carbocycles. The molecule has 134 valence electrons. The van der Waals surface area contributed by atoms with Crippen molar-refractivity contribution in [1.82, 2.24) is 19.9 Å². The minimum atomic E-state index is -0.0165. The van der Waals surface area contributed by atoms with E-state index in [-0.39, 0.29) is 12.0 Å². The zero-order valence-electron chi connectivity index (χ0n) is 15.1. The Kier molecular flexibility index (Phi) is 4.89. The highest BCUT2D eigenvalue weighted by atomic mass is 16.6. The Labute approximate surface area is 147 Å². The highest BCUT2D eigenvalue weighted by molar-refractivity contribution is 5.43. The van der Waals surface area contributed by atoms with Gasteiger partial charge in [-0.15, -0.1) is 0 Å². The zero-order valence-corrected chi connectivity index (χ0v) is 15.1. The van der Waals surface area contributed by atoms with Crippen molar-refractivity contribution < 1.29 is 9.47 Å². The van der Waals surface area contributed by atoms with E-state index in [9.17, 15) is 0 Å². The molecule has 0 saturated heterocycles. The van der Waals surface area contributed by atoms with Gasteiger partial charge in [0.2, 0.25) is 11.9 Å². The fourth-order valence-corrected chi connectivity index (χ4v) is 2.59. The van der Waals surface area contributed by atoms with Crippen LogP contribution in [0.1, 0.15) is 24.4 Å². The van der Waals surface area contributed by atoms with Crippen molar-refractivity contribution in [1.29, 1.82) is 0 Å². The van der Waals surface area contributed by atoms with Crippen LogP contribution in [0.4, 0.5) is 11.9 Å². The maximum Gasteiger partial charge on any atom is 0.229 e. The van der Waals surface area contributed by atoms with Gasteiger partial charge in [0.05, 0.1) is 6.04 Å². The maximum absolute atomic E-state index is 5.83. The number of nitrogens with zero attached hydrogens (tertiary/aromatic N) is 5. The lowest BCUT2D eigenvalue weighted by Gasteiger charge is -2.25. The van der Waals surface area contributed by atoms with Gasteiger partial charge >= 0.3 is 0 Å². The van der Waals surface area contributed by atoms with Gasteiger partial charge in [-0.25, -0.2) is 0 Å². The molecule has 0 bridgehead atoms. The number of ether oxygens (including phenoxy) is 2. The van der Waals surface area contributed by atoms with Gasteiger partial charge in [-0.1, -0.05) is 6.07 Å². The molecule has 8 nitrogen and oxygen atoms in total. The summed E-state index contributed by atoms with van der Waals surface area (Å²) in [5, 5.41) is 0. The molecule has 0 fully saturated rings. The third-order valence-corrected chi connectivity index (χ3v) is 4.13. The van der Waals surface area contributed by atoms with Crippen LogP contribution in [-0.4, -0.2) is 54.2 Å². The molecule has 0 saturated carbocycles. The second-order valence-corrected chi connectivity index (χ2v) is 6.32. The van der Waals surface area contributed by atoms with Crippen LogP contribution in [0, 0.1) is 0 Å². The van der Waals surface area contributed by atoms with E-state index in [1.807, 2.05) is 51.2 Å². The smallest absolute Gasteiger partial charge is 0.229 e. The van der Waals surface area contributed by atoms with E-state index < -0.39 is 0 Å². The normalized spacial score (nSPS) is 14.4. The van der Waals surface area contributed by atoms with Crippen LogP contribution in [0.15, 0.2) is 18.2 Å². The van der Waals surface area contributed by atoms with Crippen LogP contribution in [0.3, 0.4) is 0 Å². The summed E-state index contributed by atoms with van der Waals surface area (Å²) >= 11 is 0. The Morgan fingerprint density at radius 3 is 2.52 bits per heavy atom. The number of hydrogen-bond acceptors (Lipinski definition) is 8. The fourth-order valence-electron chi connectivity index (χ4n) is 2.59. The van der Waals surface area contributed by atoms with Crippen molar-refractivity contribution in [3.05, 3.63) is 29.6 Å². The van der Waals surface area contributed by atoms with E-state index in [0.717, 1.165) is 23.6 Å². The molecule has 2 heterocycles. The third kappa shape index (κ3) is 3.90. The van der Waals surface area contributed by atoms with Gasteiger partial charge in [-0.05, 0) is 31.7 Å². The standard InChI is InChI=1S/C17H24N6O2/c1-11(15-19-16(18)21-17(20-15)22(2)3)23(4)10-12-5-6-13-14(9-12)25-8-7-24-13/h5-6,9,11H,7-8,10H2,1-4H3,(H2,18,19,20,21)/t11-/m1/s1. The van der Waals surface area contributed by atoms with E-state index >= 15 is 0 Å². The SMILES string of the molecule is C[C@H](c1nc(N)nc(N(C)C)n1)N(C)Cc1ccc2c(c1)OCCO2. The third-order valence-electron chi connectivity index (χ3n) is 4.13. The van der Waals surface area contributed by atoms with Gasteiger partial charge in [0.1, 0.15) is 13.2 Å². The van der Waals surface area contributed by atoms with Crippen molar-refractivity contribution in [2.45, 2.75) is 19.5 Å². The van der Waals surface area contributed by atoms with Crippen LogP contribution in [0.5, 0.6) is 11.5 Å². The zero-order chi connectivity index (χ0) is 18.0. The van der Waals surface area contributed by atoms with Crippen LogP contribution < -0.4 is 20.1 Å². The molecule has 1 aromatic heterocycles. The number of hydrogen-bond donors (Lipinski definition) is 1. The molecule has 2 aromatic rings. The molecule has 2 N–H and O–H groups in total. The first-order valence-corrected chi connectivity index (χ1v) is 8.21. The van der Waals surface area contributed by atoms with Crippen LogP contribution in [0.25, 0.3) is 0 Å². The number of aromatic nitrogens is 3. The van der Waals surface area contributed by atoms with E-state index in [1.165, 1.54) is 0 Å². The van der Waals surface area contributed by atoms with Crippen LogP contribution >= 0.6 is 0 Å². The highest BCUT2D eigenvalue weighted by Crippen LogP contribution is 2.31. The molecule has 0 amide bonds. The van der Waals surface area contributed by atoms with Gasteiger partial charge < -0.3 is 20.1 Å².